The van der Waals surface area contributed by atoms with Gasteiger partial charge in [-0.15, -0.1) is 11.3 Å². The van der Waals surface area contributed by atoms with Crippen LogP contribution in [-0.4, -0.2) is 39.4 Å². The van der Waals surface area contributed by atoms with Gasteiger partial charge in [-0.2, -0.15) is 0 Å². The first-order chi connectivity index (χ1) is 14.5. The van der Waals surface area contributed by atoms with Gasteiger partial charge in [0.05, 0.1) is 15.9 Å². The zero-order chi connectivity index (χ0) is 20.9. The Morgan fingerprint density at radius 2 is 2.07 bits per heavy atom. The number of rotatable bonds is 4. The molecule has 1 saturated heterocycles. The van der Waals surface area contributed by atoms with Crippen LogP contribution in [0, 0.1) is 12.3 Å². The van der Waals surface area contributed by atoms with Crippen molar-refractivity contribution in [3.63, 3.8) is 0 Å². The zero-order valence-electron chi connectivity index (χ0n) is 16.9. The number of amides is 2. The molecular weight excluding hydrogens is 396 g/mol. The molecule has 0 radical (unpaired) electrons. The average molecular weight is 421 g/mol. The van der Waals surface area contributed by atoms with Crippen molar-refractivity contribution in [3.8, 4) is 0 Å². The molecule has 3 aromatic rings. The number of nitrogens with zero attached hydrogens (tertiary/aromatic N) is 3. The Hall–Kier alpha value is -2.93. The van der Waals surface area contributed by atoms with E-state index in [1.807, 2.05) is 42.2 Å². The van der Waals surface area contributed by atoms with E-state index in [2.05, 4.69) is 22.5 Å². The molecule has 154 valence electrons. The van der Waals surface area contributed by atoms with E-state index in [1.54, 1.807) is 0 Å². The summed E-state index contributed by atoms with van der Waals surface area (Å²) in [6, 6.07) is 12.1. The predicted octanol–water partition coefficient (Wildman–Crippen LogP) is 4.40. The van der Waals surface area contributed by atoms with Crippen molar-refractivity contribution in [2.24, 2.45) is 5.41 Å². The molecule has 1 aliphatic heterocycles. The molecule has 3 heterocycles. The molecule has 2 amide bonds. The topological polar surface area (TPSA) is 67.2 Å². The minimum absolute atomic E-state index is 0.0163. The third kappa shape index (κ3) is 3.13. The summed E-state index contributed by atoms with van der Waals surface area (Å²) >= 11 is 1.48. The zero-order valence-corrected chi connectivity index (χ0v) is 17.7. The van der Waals surface area contributed by atoms with Crippen molar-refractivity contribution >= 4 is 40.1 Å². The number of thiophene rings is 1. The van der Waals surface area contributed by atoms with Gasteiger partial charge in [-0.1, -0.05) is 18.7 Å². The Balaban J connectivity index is 1.41. The summed E-state index contributed by atoms with van der Waals surface area (Å²) in [6.07, 6.45) is 4.38. The molecule has 2 aliphatic rings. The van der Waals surface area contributed by atoms with Crippen LogP contribution in [0.3, 0.4) is 0 Å². The summed E-state index contributed by atoms with van der Waals surface area (Å²) in [5.74, 6) is 0.494. The van der Waals surface area contributed by atoms with E-state index in [-0.39, 0.29) is 23.3 Å². The molecule has 0 unspecified atom stereocenters. The Labute approximate surface area is 179 Å². The van der Waals surface area contributed by atoms with E-state index in [1.165, 1.54) is 17.4 Å². The number of aryl methyl sites for hydroxylation is 1. The fourth-order valence-electron chi connectivity index (χ4n) is 4.93. The van der Waals surface area contributed by atoms with Crippen molar-refractivity contribution in [2.75, 3.05) is 18.4 Å². The molecule has 2 aromatic heterocycles. The summed E-state index contributed by atoms with van der Waals surface area (Å²) in [7, 11) is 0. The quantitative estimate of drug-likeness (QED) is 0.636. The number of fused-ring (bicyclic) bond motifs is 1. The number of para-hydroxylation sites is 2. The molecule has 1 N–H and O–H groups in total. The van der Waals surface area contributed by atoms with Crippen molar-refractivity contribution in [1.82, 2.24) is 14.5 Å². The van der Waals surface area contributed by atoms with Gasteiger partial charge in [0.15, 0.2) is 0 Å². The maximum absolute atomic E-state index is 12.8. The number of hydrogen-bond acceptors (Lipinski definition) is 4. The van der Waals surface area contributed by atoms with E-state index in [0.717, 1.165) is 48.3 Å². The monoisotopic (exact) mass is 420 g/mol. The lowest BCUT2D eigenvalue weighted by molar-refractivity contribution is -0.125. The third-order valence-electron chi connectivity index (χ3n) is 6.41. The maximum Gasteiger partial charge on any atom is 0.268 e. The second kappa shape index (κ2) is 7.09. The Kier molecular flexibility index (Phi) is 4.50. The molecule has 5 rings (SSSR count). The molecule has 30 heavy (non-hydrogen) atoms. The highest BCUT2D eigenvalue weighted by atomic mass is 32.1. The van der Waals surface area contributed by atoms with Gasteiger partial charge < -0.3 is 9.47 Å². The molecule has 0 atom stereocenters. The van der Waals surface area contributed by atoms with Crippen LogP contribution in [0.5, 0.6) is 0 Å². The molecule has 2 fully saturated rings. The van der Waals surface area contributed by atoms with E-state index in [0.29, 0.717) is 10.8 Å². The lowest BCUT2D eigenvalue weighted by Crippen LogP contribution is -2.42. The number of carbonyl (C=O) groups is 2. The standard InChI is InChI=1S/C23H24N4O2S/c1-3-20(28)26-11-10-23(14-26)12-16(13-23)27-18-7-5-4-6-17(18)24-22(27)25-21(29)19-9-8-15(2)30-19/h3-9,16H,1,10-14H2,2H3,(H,24,25,29). The fourth-order valence-corrected chi connectivity index (χ4v) is 5.69. The number of carbonyl (C=O) groups excluding carboxylic acids is 2. The van der Waals surface area contributed by atoms with Crippen LogP contribution in [0.2, 0.25) is 0 Å². The molecule has 6 nitrogen and oxygen atoms in total. The van der Waals surface area contributed by atoms with Crippen LogP contribution in [-0.2, 0) is 4.79 Å². The molecule has 7 heteroatoms. The van der Waals surface area contributed by atoms with Gasteiger partial charge in [0.2, 0.25) is 11.9 Å². The summed E-state index contributed by atoms with van der Waals surface area (Å²) in [4.78, 5) is 33.2. The van der Waals surface area contributed by atoms with Gasteiger partial charge in [0.25, 0.3) is 5.91 Å². The Bertz CT molecular complexity index is 1160. The molecule has 0 bridgehead atoms. The summed E-state index contributed by atoms with van der Waals surface area (Å²) in [6.45, 7) is 7.19. The minimum atomic E-state index is -0.123. The van der Waals surface area contributed by atoms with Gasteiger partial charge in [-0.25, -0.2) is 4.98 Å². The van der Waals surface area contributed by atoms with Crippen molar-refractivity contribution in [3.05, 3.63) is 58.8 Å². The number of nitrogens with one attached hydrogen (secondary N) is 1. The highest BCUT2D eigenvalue weighted by molar-refractivity contribution is 7.14. The largest absolute Gasteiger partial charge is 0.339 e. The molecule has 1 saturated carbocycles. The van der Waals surface area contributed by atoms with Gasteiger partial charge in [0.1, 0.15) is 0 Å². The number of benzene rings is 1. The molecule has 1 aromatic carbocycles. The first kappa shape index (κ1) is 19.1. The van der Waals surface area contributed by atoms with Crippen molar-refractivity contribution in [2.45, 2.75) is 32.2 Å². The number of likely N-dealkylation sites (tertiary alicyclic amines) is 1. The van der Waals surface area contributed by atoms with Crippen LogP contribution < -0.4 is 5.32 Å². The van der Waals surface area contributed by atoms with Gasteiger partial charge in [-0.3, -0.25) is 14.9 Å². The summed E-state index contributed by atoms with van der Waals surface area (Å²) < 4.78 is 2.18. The van der Waals surface area contributed by atoms with E-state index in [9.17, 15) is 9.59 Å². The van der Waals surface area contributed by atoms with Crippen LogP contribution in [0.4, 0.5) is 5.95 Å². The summed E-state index contributed by atoms with van der Waals surface area (Å²) in [5.41, 5.74) is 2.08. The number of hydrogen-bond donors (Lipinski definition) is 1. The third-order valence-corrected chi connectivity index (χ3v) is 7.41. The van der Waals surface area contributed by atoms with Crippen LogP contribution in [0.1, 0.15) is 39.9 Å². The van der Waals surface area contributed by atoms with Crippen LogP contribution in [0.25, 0.3) is 11.0 Å². The van der Waals surface area contributed by atoms with E-state index >= 15 is 0 Å². The normalized spacial score (nSPS) is 23.0. The van der Waals surface area contributed by atoms with Crippen LogP contribution >= 0.6 is 11.3 Å². The van der Waals surface area contributed by atoms with Gasteiger partial charge in [0, 0.05) is 24.0 Å². The maximum atomic E-state index is 12.8. The second-order valence-corrected chi connectivity index (χ2v) is 9.72. The first-order valence-electron chi connectivity index (χ1n) is 10.2. The van der Waals surface area contributed by atoms with Gasteiger partial charge >= 0.3 is 0 Å². The first-order valence-corrected chi connectivity index (χ1v) is 11.1. The second-order valence-electron chi connectivity index (χ2n) is 8.43. The summed E-state index contributed by atoms with van der Waals surface area (Å²) in [5, 5.41) is 3.04. The smallest absolute Gasteiger partial charge is 0.268 e. The Morgan fingerprint density at radius 3 is 2.80 bits per heavy atom. The highest BCUT2D eigenvalue weighted by Crippen LogP contribution is 2.55. The lowest BCUT2D eigenvalue weighted by atomic mass is 9.65. The minimum Gasteiger partial charge on any atom is -0.339 e. The SMILES string of the molecule is C=CC(=O)N1CCC2(CC(n3c(NC(=O)c4ccc(C)s4)nc4ccccc43)C2)C1. The highest BCUT2D eigenvalue weighted by Gasteiger charge is 2.50. The molecule has 1 aliphatic carbocycles. The molecule has 1 spiro atoms. The number of imidazole rings is 1. The van der Waals surface area contributed by atoms with Gasteiger partial charge in [-0.05, 0) is 61.9 Å². The van der Waals surface area contributed by atoms with Crippen molar-refractivity contribution in [1.29, 1.82) is 0 Å². The van der Waals surface area contributed by atoms with E-state index < -0.39 is 0 Å². The number of aromatic nitrogens is 2. The Morgan fingerprint density at radius 1 is 1.27 bits per heavy atom. The predicted molar refractivity (Wildman–Crippen MR) is 119 cm³/mol. The van der Waals surface area contributed by atoms with Crippen molar-refractivity contribution < 1.29 is 9.59 Å². The van der Waals surface area contributed by atoms with E-state index in [4.69, 9.17) is 4.98 Å². The molecular formula is C23H24N4O2S. The van der Waals surface area contributed by atoms with Crippen LogP contribution in [0.15, 0.2) is 49.1 Å². The number of anilines is 1. The average Bonchev–Trinajstić information content (AvgIpc) is 3.42. The lowest BCUT2D eigenvalue weighted by Gasteiger charge is -2.46. The fraction of sp³-hybridized carbons (Fsp3) is 0.348.